The first-order valence-corrected chi connectivity index (χ1v) is 8.42. The van der Waals surface area contributed by atoms with E-state index in [4.69, 9.17) is 9.84 Å². The molecule has 0 radical (unpaired) electrons. The van der Waals surface area contributed by atoms with Gasteiger partial charge in [-0.1, -0.05) is 6.07 Å². The number of carboxylic acids is 1. The zero-order chi connectivity index (χ0) is 19.6. The Labute approximate surface area is 157 Å². The smallest absolute Gasteiger partial charge is 0.339 e. The van der Waals surface area contributed by atoms with Crippen LogP contribution in [0.1, 0.15) is 15.9 Å². The van der Waals surface area contributed by atoms with Gasteiger partial charge < -0.3 is 25.4 Å². The van der Waals surface area contributed by atoms with Crippen LogP contribution >= 0.6 is 11.8 Å². The summed E-state index contributed by atoms with van der Waals surface area (Å²) in [6, 6.07) is 8.55. The quantitative estimate of drug-likeness (QED) is 0.595. The minimum atomic E-state index is -1.25. The number of amides is 1. The van der Waals surface area contributed by atoms with Crippen LogP contribution in [0.25, 0.3) is 6.08 Å². The summed E-state index contributed by atoms with van der Waals surface area (Å²) in [5.41, 5.74) is 0.726. The number of phenolic OH excluding ortho intramolecular Hbond substituents is 1. The van der Waals surface area contributed by atoms with Crippen molar-refractivity contribution in [1.82, 2.24) is 5.32 Å². The predicted molar refractivity (Wildman–Crippen MR) is 101 cm³/mol. The maximum atomic E-state index is 12.1. The number of aliphatic imine (C=N–C) groups is 1. The molecule has 1 heterocycles. The molecule has 4 N–H and O–H groups in total. The van der Waals surface area contributed by atoms with E-state index in [1.54, 1.807) is 18.2 Å². The molecule has 27 heavy (non-hydrogen) atoms. The first-order chi connectivity index (χ1) is 12.9. The van der Waals surface area contributed by atoms with Gasteiger partial charge in [-0.2, -0.15) is 0 Å². The highest BCUT2D eigenvalue weighted by molar-refractivity contribution is 8.18. The molecule has 1 aliphatic heterocycles. The number of aromatic carboxylic acids is 1. The minimum Gasteiger partial charge on any atom is -0.507 e. The number of methoxy groups -OCH3 is 1. The van der Waals surface area contributed by atoms with Gasteiger partial charge >= 0.3 is 5.97 Å². The van der Waals surface area contributed by atoms with Gasteiger partial charge in [-0.25, -0.2) is 9.79 Å². The lowest BCUT2D eigenvalue weighted by Crippen LogP contribution is -2.19. The zero-order valence-corrected chi connectivity index (χ0v) is 14.8. The van der Waals surface area contributed by atoms with E-state index in [1.807, 2.05) is 0 Å². The fraction of sp³-hybridized carbons (Fsp3) is 0.0556. The fourth-order valence-corrected chi connectivity index (χ4v) is 3.15. The molecule has 8 nitrogen and oxygen atoms in total. The third-order valence-electron chi connectivity index (χ3n) is 3.59. The van der Waals surface area contributed by atoms with Crippen molar-refractivity contribution in [2.45, 2.75) is 0 Å². The summed E-state index contributed by atoms with van der Waals surface area (Å²) in [4.78, 5) is 27.6. The number of hydrogen-bond donors (Lipinski definition) is 4. The average Bonchev–Trinajstić information content (AvgIpc) is 2.95. The first-order valence-electron chi connectivity index (χ1n) is 7.60. The SMILES string of the molecule is COc1cc(/C=C2\SC(=Nc3ccc(C(=O)O)c(O)c3)NC2=O)ccc1O. The molecule has 0 spiro atoms. The number of carbonyl (C=O) groups is 2. The van der Waals surface area contributed by atoms with Crippen LogP contribution in [0.4, 0.5) is 5.69 Å². The molecule has 138 valence electrons. The summed E-state index contributed by atoms with van der Waals surface area (Å²) in [5, 5.41) is 31.1. The van der Waals surface area contributed by atoms with E-state index < -0.39 is 11.7 Å². The molecule has 1 saturated heterocycles. The highest BCUT2D eigenvalue weighted by Gasteiger charge is 2.24. The van der Waals surface area contributed by atoms with Gasteiger partial charge in [0, 0.05) is 6.07 Å². The molecule has 2 aromatic carbocycles. The number of thioether (sulfide) groups is 1. The van der Waals surface area contributed by atoms with Gasteiger partial charge in [0.25, 0.3) is 5.91 Å². The highest BCUT2D eigenvalue weighted by atomic mass is 32.2. The second-order valence-corrected chi connectivity index (χ2v) is 6.45. The second kappa shape index (κ2) is 7.42. The van der Waals surface area contributed by atoms with Crippen molar-refractivity contribution in [3.8, 4) is 17.2 Å². The monoisotopic (exact) mass is 386 g/mol. The van der Waals surface area contributed by atoms with Crippen molar-refractivity contribution < 1.29 is 29.6 Å². The number of nitrogens with zero attached hydrogens (tertiary/aromatic N) is 1. The number of carbonyl (C=O) groups excluding carboxylic acids is 1. The summed E-state index contributed by atoms with van der Waals surface area (Å²) in [6.45, 7) is 0. The van der Waals surface area contributed by atoms with E-state index in [1.165, 1.54) is 31.4 Å². The van der Waals surface area contributed by atoms with Gasteiger partial charge in [0.15, 0.2) is 16.7 Å². The summed E-state index contributed by atoms with van der Waals surface area (Å²) in [5.74, 6) is -1.72. The Morgan fingerprint density at radius 3 is 2.63 bits per heavy atom. The van der Waals surface area contributed by atoms with Crippen molar-refractivity contribution in [2.75, 3.05) is 7.11 Å². The lowest BCUT2D eigenvalue weighted by atomic mass is 10.2. The largest absolute Gasteiger partial charge is 0.507 e. The molecular weight excluding hydrogens is 372 g/mol. The van der Waals surface area contributed by atoms with Gasteiger partial charge in [0.1, 0.15) is 11.3 Å². The maximum Gasteiger partial charge on any atom is 0.339 e. The van der Waals surface area contributed by atoms with Crippen LogP contribution in [-0.4, -0.2) is 39.5 Å². The number of nitrogens with one attached hydrogen (secondary N) is 1. The van der Waals surface area contributed by atoms with Crippen LogP contribution in [0, 0.1) is 0 Å². The topological polar surface area (TPSA) is 128 Å². The Bertz CT molecular complexity index is 999. The third-order valence-corrected chi connectivity index (χ3v) is 4.50. The van der Waals surface area contributed by atoms with Gasteiger partial charge in [-0.05, 0) is 47.7 Å². The molecule has 0 bridgehead atoms. The number of benzene rings is 2. The molecule has 0 unspecified atom stereocenters. The Morgan fingerprint density at radius 1 is 1.19 bits per heavy atom. The van der Waals surface area contributed by atoms with Crippen LogP contribution in [0.5, 0.6) is 17.2 Å². The average molecular weight is 386 g/mol. The van der Waals surface area contributed by atoms with Crippen molar-refractivity contribution in [3.05, 3.63) is 52.4 Å². The van der Waals surface area contributed by atoms with Crippen molar-refractivity contribution in [2.24, 2.45) is 4.99 Å². The molecule has 0 aliphatic carbocycles. The summed E-state index contributed by atoms with van der Waals surface area (Å²) < 4.78 is 5.04. The van der Waals surface area contributed by atoms with Crippen LogP contribution < -0.4 is 10.1 Å². The highest BCUT2D eigenvalue weighted by Crippen LogP contribution is 2.32. The van der Waals surface area contributed by atoms with E-state index in [0.717, 1.165) is 11.8 Å². The van der Waals surface area contributed by atoms with E-state index in [2.05, 4.69) is 10.3 Å². The molecular formula is C18H14N2O6S. The van der Waals surface area contributed by atoms with Crippen molar-refractivity contribution >= 4 is 40.6 Å². The summed E-state index contributed by atoms with van der Waals surface area (Å²) in [7, 11) is 1.43. The summed E-state index contributed by atoms with van der Waals surface area (Å²) in [6.07, 6.45) is 1.62. The van der Waals surface area contributed by atoms with Crippen LogP contribution in [-0.2, 0) is 4.79 Å². The van der Waals surface area contributed by atoms with Crippen LogP contribution in [0.2, 0.25) is 0 Å². The number of amidine groups is 1. The molecule has 0 aromatic heterocycles. The second-order valence-electron chi connectivity index (χ2n) is 5.42. The molecule has 2 aromatic rings. The van der Waals surface area contributed by atoms with Crippen molar-refractivity contribution in [3.63, 3.8) is 0 Å². The van der Waals surface area contributed by atoms with Crippen LogP contribution in [0.3, 0.4) is 0 Å². The molecule has 0 saturated carbocycles. The molecule has 0 atom stereocenters. The lowest BCUT2D eigenvalue weighted by molar-refractivity contribution is -0.115. The lowest BCUT2D eigenvalue weighted by Gasteiger charge is -2.03. The molecule has 1 fully saturated rings. The number of carboxylic acid groups (broad SMARTS) is 1. The first kappa shape index (κ1) is 18.3. The Kier molecular flexibility index (Phi) is 5.04. The fourth-order valence-electron chi connectivity index (χ4n) is 2.30. The van der Waals surface area contributed by atoms with Gasteiger partial charge in [0.05, 0.1) is 17.7 Å². The molecule has 3 rings (SSSR count). The maximum absolute atomic E-state index is 12.1. The molecule has 9 heteroatoms. The molecule has 1 amide bonds. The van der Waals surface area contributed by atoms with E-state index in [-0.39, 0.29) is 23.0 Å². The minimum absolute atomic E-state index is 0.00459. The zero-order valence-electron chi connectivity index (χ0n) is 14.0. The van der Waals surface area contributed by atoms with E-state index in [9.17, 15) is 19.8 Å². The number of aromatic hydroxyl groups is 2. The van der Waals surface area contributed by atoms with Crippen molar-refractivity contribution in [1.29, 1.82) is 0 Å². The van der Waals surface area contributed by atoms with E-state index in [0.29, 0.717) is 21.3 Å². The standard InChI is InChI=1S/C18H14N2O6S/c1-26-14-6-9(2-5-12(14)21)7-15-16(23)20-18(27-15)19-10-3-4-11(17(24)25)13(22)8-10/h2-8,21-22H,1H3,(H,24,25)(H,19,20,23)/b15-7-. The van der Waals surface area contributed by atoms with Crippen LogP contribution in [0.15, 0.2) is 46.3 Å². The van der Waals surface area contributed by atoms with Gasteiger partial charge in [0.2, 0.25) is 0 Å². The van der Waals surface area contributed by atoms with E-state index >= 15 is 0 Å². The third kappa shape index (κ3) is 4.04. The number of ether oxygens (including phenoxy) is 1. The Balaban J connectivity index is 1.84. The number of phenols is 2. The Hall–Kier alpha value is -3.46. The summed E-state index contributed by atoms with van der Waals surface area (Å²) >= 11 is 1.09. The van der Waals surface area contributed by atoms with Gasteiger partial charge in [-0.15, -0.1) is 0 Å². The molecule has 1 aliphatic rings. The predicted octanol–water partition coefficient (Wildman–Crippen LogP) is 2.70. The van der Waals surface area contributed by atoms with Gasteiger partial charge in [-0.3, -0.25) is 4.79 Å². The Morgan fingerprint density at radius 2 is 1.96 bits per heavy atom. The number of rotatable bonds is 4. The normalized spacial score (nSPS) is 16.6. The number of hydrogen-bond acceptors (Lipinski definition) is 7.